The molecule has 0 radical (unpaired) electrons. The number of carbonyl (C=O) groups excluding carboxylic acids is 3. The maximum Gasteiger partial charge on any atom is 0.459 e. The summed E-state index contributed by atoms with van der Waals surface area (Å²) in [4.78, 5) is 47.0. The highest BCUT2D eigenvalue weighted by atomic mass is 31.2. The minimum absolute atomic E-state index is 0.00895. The lowest BCUT2D eigenvalue weighted by Crippen LogP contribution is -2.44. The first-order valence-electron chi connectivity index (χ1n) is 15.7. The molecular weight excluding hydrogens is 645 g/mol. The van der Waals surface area contributed by atoms with Crippen molar-refractivity contribution >= 4 is 42.5 Å². The summed E-state index contributed by atoms with van der Waals surface area (Å²) in [5, 5.41) is 2.67. The van der Waals surface area contributed by atoms with Gasteiger partial charge in [0.1, 0.15) is 23.4 Å². The van der Waals surface area contributed by atoms with Crippen LogP contribution in [0.2, 0.25) is 0 Å². The second-order valence-electron chi connectivity index (χ2n) is 12.6. The molecule has 0 aliphatic carbocycles. The lowest BCUT2D eigenvalue weighted by molar-refractivity contribution is -0.168. The number of ether oxygens (including phenoxy) is 4. The summed E-state index contributed by atoms with van der Waals surface area (Å²) in [7, 11) is -4.40. The van der Waals surface area contributed by atoms with Crippen LogP contribution in [0.15, 0.2) is 48.9 Å². The largest absolute Gasteiger partial charge is 0.464 e. The maximum atomic E-state index is 14.4. The van der Waals surface area contributed by atoms with Gasteiger partial charge < -0.3 is 29.2 Å². The Morgan fingerprint density at radius 2 is 1.67 bits per heavy atom. The first-order chi connectivity index (χ1) is 22.6. The van der Waals surface area contributed by atoms with Crippen LogP contribution in [-0.2, 0) is 42.4 Å². The van der Waals surface area contributed by atoms with Crippen LogP contribution in [0.1, 0.15) is 67.5 Å². The zero-order valence-corrected chi connectivity index (χ0v) is 29.0. The SMILES string of the molecule is CCC(=O)OC1C(OC(=O)CC)[C@H](n2cnc3c(N)ccnc32)O[C@@H]1C(C)OP(=O)(NC(C)C(=O)OCC(C)(C)C)Oc1ccccc1. The van der Waals surface area contributed by atoms with E-state index in [-0.39, 0.29) is 30.6 Å². The fourth-order valence-electron chi connectivity index (χ4n) is 4.82. The van der Waals surface area contributed by atoms with E-state index in [1.165, 1.54) is 30.9 Å². The van der Waals surface area contributed by atoms with E-state index in [2.05, 4.69) is 15.1 Å². The van der Waals surface area contributed by atoms with E-state index in [0.29, 0.717) is 16.9 Å². The molecule has 2 aromatic heterocycles. The molecule has 1 aromatic carbocycles. The van der Waals surface area contributed by atoms with Crippen molar-refractivity contribution in [1.29, 1.82) is 0 Å². The topological polar surface area (TPSA) is 192 Å². The molecule has 1 fully saturated rings. The van der Waals surface area contributed by atoms with Gasteiger partial charge in [-0.05, 0) is 37.5 Å². The minimum atomic E-state index is -4.40. The van der Waals surface area contributed by atoms with Crippen molar-refractivity contribution in [2.45, 2.75) is 98.0 Å². The van der Waals surface area contributed by atoms with Crippen LogP contribution in [0.5, 0.6) is 5.75 Å². The molecule has 48 heavy (non-hydrogen) atoms. The van der Waals surface area contributed by atoms with E-state index >= 15 is 0 Å². The third kappa shape index (κ3) is 9.10. The number of anilines is 1. The third-order valence-corrected chi connectivity index (χ3v) is 8.96. The number of para-hydroxylation sites is 1. The number of aromatic nitrogens is 3. The quantitative estimate of drug-likeness (QED) is 0.134. The molecule has 4 rings (SSSR count). The molecule has 262 valence electrons. The molecule has 1 saturated heterocycles. The molecular formula is C32H44N5O10P. The number of carbonyl (C=O) groups is 3. The van der Waals surface area contributed by atoms with Crippen LogP contribution >= 0.6 is 7.75 Å². The van der Waals surface area contributed by atoms with Gasteiger partial charge in [-0.25, -0.2) is 14.5 Å². The predicted octanol–water partition coefficient (Wildman–Crippen LogP) is 4.71. The molecule has 3 N–H and O–H groups in total. The second-order valence-corrected chi connectivity index (χ2v) is 14.2. The lowest BCUT2D eigenvalue weighted by atomic mass is 9.99. The number of fused-ring (bicyclic) bond motifs is 1. The van der Waals surface area contributed by atoms with Crippen molar-refractivity contribution in [2.75, 3.05) is 12.3 Å². The number of nitrogens with two attached hydrogens (primary N) is 1. The molecule has 16 heteroatoms. The Kier molecular flexibility index (Phi) is 11.8. The zero-order chi connectivity index (χ0) is 35.2. The Hall–Kier alpha value is -4.04. The van der Waals surface area contributed by atoms with Gasteiger partial charge in [-0.1, -0.05) is 52.8 Å². The molecule has 15 nitrogen and oxygen atoms in total. The fraction of sp³-hybridized carbons (Fsp3) is 0.531. The normalized spacial score (nSPS) is 22.0. The Morgan fingerprint density at radius 3 is 2.29 bits per heavy atom. The van der Waals surface area contributed by atoms with Crippen LogP contribution in [0.3, 0.4) is 0 Å². The lowest BCUT2D eigenvalue weighted by Gasteiger charge is -2.30. The van der Waals surface area contributed by atoms with E-state index in [9.17, 15) is 18.9 Å². The van der Waals surface area contributed by atoms with Crippen molar-refractivity contribution in [2.24, 2.45) is 5.41 Å². The summed E-state index contributed by atoms with van der Waals surface area (Å²) in [5.74, 6) is -1.66. The summed E-state index contributed by atoms with van der Waals surface area (Å²) in [6.45, 7) is 12.1. The van der Waals surface area contributed by atoms with Gasteiger partial charge in [0.15, 0.2) is 24.1 Å². The molecule has 7 atom stereocenters. The zero-order valence-electron chi connectivity index (χ0n) is 28.2. The number of imidazole rings is 1. The summed E-state index contributed by atoms with van der Waals surface area (Å²) in [5.41, 5.74) is 6.88. The van der Waals surface area contributed by atoms with E-state index in [1.54, 1.807) is 50.2 Å². The highest BCUT2D eigenvalue weighted by Crippen LogP contribution is 2.48. The minimum Gasteiger partial charge on any atom is -0.464 e. The molecule has 3 aromatic rings. The van der Waals surface area contributed by atoms with Crippen molar-refractivity contribution in [3.63, 3.8) is 0 Å². The van der Waals surface area contributed by atoms with Crippen LogP contribution in [0, 0.1) is 5.41 Å². The van der Waals surface area contributed by atoms with Gasteiger partial charge in [-0.3, -0.25) is 23.5 Å². The summed E-state index contributed by atoms with van der Waals surface area (Å²) in [6, 6.07) is 8.72. The highest BCUT2D eigenvalue weighted by molar-refractivity contribution is 7.52. The van der Waals surface area contributed by atoms with Crippen LogP contribution in [-0.4, -0.2) is 69.5 Å². The van der Waals surface area contributed by atoms with Gasteiger partial charge in [0.2, 0.25) is 0 Å². The highest BCUT2D eigenvalue weighted by Gasteiger charge is 2.54. The van der Waals surface area contributed by atoms with Crippen molar-refractivity contribution in [3.8, 4) is 5.75 Å². The molecule has 1 aliphatic heterocycles. The van der Waals surface area contributed by atoms with Crippen molar-refractivity contribution in [1.82, 2.24) is 19.6 Å². The van der Waals surface area contributed by atoms with Crippen molar-refractivity contribution in [3.05, 3.63) is 48.9 Å². The summed E-state index contributed by atoms with van der Waals surface area (Å²) >= 11 is 0. The Labute approximate surface area is 279 Å². The second kappa shape index (κ2) is 15.5. The number of benzene rings is 1. The number of hydrogen-bond donors (Lipinski definition) is 2. The summed E-state index contributed by atoms with van der Waals surface area (Å²) < 4.78 is 51.3. The molecule has 0 saturated carbocycles. The molecule has 1 aliphatic rings. The monoisotopic (exact) mass is 689 g/mol. The Bertz CT molecular complexity index is 1630. The molecule has 0 spiro atoms. The molecule has 5 unspecified atom stereocenters. The standard InChI is InChI=1S/C32H44N5O10P/c1-8-23(38)43-27-26(45-30(28(27)44-24(39)9-2)37-18-35-25-22(33)15-16-34-29(25)37)20(4)46-48(41,47-21-13-11-10-12-14-21)36-19(3)31(40)42-17-32(5,6)7/h10-16,18-20,26-28,30H,8-9,17H2,1-7H3,(H2,33,34)(H,36,41)/t19?,20?,26-,27?,28?,30-,48?/m1/s1. The van der Waals surface area contributed by atoms with Gasteiger partial charge in [0.25, 0.3) is 0 Å². The summed E-state index contributed by atoms with van der Waals surface area (Å²) in [6.07, 6.45) is -2.91. The number of nitrogens with zero attached hydrogens (tertiary/aromatic N) is 3. The van der Waals surface area contributed by atoms with E-state index in [4.69, 9.17) is 33.7 Å². The van der Waals surface area contributed by atoms with Crippen LogP contribution < -0.4 is 15.3 Å². The van der Waals surface area contributed by atoms with Gasteiger partial charge in [0.05, 0.1) is 24.7 Å². The van der Waals surface area contributed by atoms with Crippen molar-refractivity contribution < 1.29 is 46.9 Å². The smallest absolute Gasteiger partial charge is 0.459 e. The number of nitrogens with one attached hydrogen (secondary N) is 1. The molecule has 0 amide bonds. The third-order valence-electron chi connectivity index (χ3n) is 7.19. The molecule has 3 heterocycles. The maximum absolute atomic E-state index is 14.4. The van der Waals surface area contributed by atoms with Gasteiger partial charge in [-0.15, -0.1) is 0 Å². The van der Waals surface area contributed by atoms with E-state index in [0.717, 1.165) is 0 Å². The molecule has 0 bridgehead atoms. The van der Waals surface area contributed by atoms with Gasteiger partial charge in [0, 0.05) is 19.0 Å². The fourth-order valence-corrected chi connectivity index (χ4v) is 6.51. The first kappa shape index (κ1) is 36.8. The van der Waals surface area contributed by atoms with Gasteiger partial charge >= 0.3 is 25.7 Å². The van der Waals surface area contributed by atoms with Crippen LogP contribution in [0.25, 0.3) is 11.2 Å². The Morgan fingerprint density at radius 1 is 1.02 bits per heavy atom. The average molecular weight is 690 g/mol. The van der Waals surface area contributed by atoms with Gasteiger partial charge in [-0.2, -0.15) is 5.09 Å². The predicted molar refractivity (Wildman–Crippen MR) is 174 cm³/mol. The number of nitrogen functional groups attached to an aromatic ring is 1. The Balaban J connectivity index is 1.70. The van der Waals surface area contributed by atoms with Crippen LogP contribution in [0.4, 0.5) is 5.69 Å². The van der Waals surface area contributed by atoms with E-state index in [1.807, 2.05) is 20.8 Å². The average Bonchev–Trinajstić information content (AvgIpc) is 3.61. The number of pyridine rings is 1. The first-order valence-corrected chi connectivity index (χ1v) is 17.3. The number of rotatable bonds is 14. The van der Waals surface area contributed by atoms with E-state index < -0.39 is 62.3 Å². The number of esters is 3. The number of hydrogen-bond acceptors (Lipinski definition) is 13.